The lowest BCUT2D eigenvalue weighted by atomic mass is 10.1. The van der Waals surface area contributed by atoms with Gasteiger partial charge in [-0.2, -0.15) is 30.2 Å². The molecule has 0 aliphatic heterocycles. The van der Waals surface area contributed by atoms with Crippen LogP contribution < -0.4 is 4.31 Å². The molecule has 10 heteroatoms. The number of anilines is 1. The van der Waals surface area contributed by atoms with Crippen LogP contribution in [0.15, 0.2) is 30.3 Å². The zero-order chi connectivity index (χ0) is 17.3. The molecule has 0 heterocycles. The van der Waals surface area contributed by atoms with Gasteiger partial charge in [-0.1, -0.05) is 18.2 Å². The fourth-order valence-electron chi connectivity index (χ4n) is 1.40. The molecular formula is C12H15F3N2O4S. The molecule has 0 fully saturated rings. The zero-order valence-electron chi connectivity index (χ0n) is 12.0. The van der Waals surface area contributed by atoms with E-state index in [1.165, 1.54) is 18.2 Å². The Bertz CT molecular complexity index is 642. The summed E-state index contributed by atoms with van der Waals surface area (Å²) in [7, 11) is -2.46. The van der Waals surface area contributed by atoms with Crippen molar-refractivity contribution in [3.8, 4) is 0 Å². The summed E-state index contributed by atoms with van der Waals surface area (Å²) in [5.74, 6) is -2.01. The number of rotatable bonds is 4. The molecule has 0 saturated heterocycles. The molecule has 0 aliphatic carbocycles. The Morgan fingerprint density at radius 1 is 1.14 bits per heavy atom. The van der Waals surface area contributed by atoms with Crippen molar-refractivity contribution < 1.29 is 31.5 Å². The molecule has 6 nitrogen and oxygen atoms in total. The summed E-state index contributed by atoms with van der Waals surface area (Å²) < 4.78 is 63.4. The number of para-hydroxylation sites is 1. The standard InChI is InChI=1S/C12H15F3N2O4S/c1-11(19,12(13,14)15)10(18)17(22(20,21)16(2)3)9-7-5-4-6-8-9/h4-8,19H,1-3H3. The van der Waals surface area contributed by atoms with Gasteiger partial charge in [-0.15, -0.1) is 0 Å². The highest BCUT2D eigenvalue weighted by atomic mass is 32.2. The average molecular weight is 340 g/mol. The first-order valence-corrected chi connectivity index (χ1v) is 7.34. The van der Waals surface area contributed by atoms with Crippen molar-refractivity contribution in [1.82, 2.24) is 4.31 Å². The fraction of sp³-hybridized carbons (Fsp3) is 0.417. The molecule has 1 aromatic rings. The van der Waals surface area contributed by atoms with Gasteiger partial charge in [0, 0.05) is 14.1 Å². The molecule has 0 bridgehead atoms. The van der Waals surface area contributed by atoms with E-state index in [1.54, 1.807) is 0 Å². The molecule has 124 valence electrons. The van der Waals surface area contributed by atoms with Gasteiger partial charge in [0.1, 0.15) is 0 Å². The first-order valence-electron chi connectivity index (χ1n) is 5.95. The molecule has 22 heavy (non-hydrogen) atoms. The van der Waals surface area contributed by atoms with E-state index in [4.69, 9.17) is 0 Å². The van der Waals surface area contributed by atoms with Crippen molar-refractivity contribution >= 4 is 21.8 Å². The molecule has 1 unspecified atom stereocenters. The van der Waals surface area contributed by atoms with Crippen molar-refractivity contribution in [2.45, 2.75) is 18.7 Å². The van der Waals surface area contributed by atoms with Crippen molar-refractivity contribution in [3.05, 3.63) is 30.3 Å². The number of benzene rings is 1. The van der Waals surface area contributed by atoms with Gasteiger partial charge in [-0.05, 0) is 19.1 Å². The molecule has 0 spiro atoms. The van der Waals surface area contributed by atoms with Crippen LogP contribution in [-0.4, -0.2) is 49.6 Å². The number of carbonyl (C=O) groups is 1. The maximum absolute atomic E-state index is 12.8. The summed E-state index contributed by atoms with van der Waals surface area (Å²) in [6.45, 7) is 0.205. The summed E-state index contributed by atoms with van der Waals surface area (Å²) in [4.78, 5) is 12.1. The molecule has 1 atom stereocenters. The van der Waals surface area contributed by atoms with Gasteiger partial charge in [0.15, 0.2) is 0 Å². The zero-order valence-corrected chi connectivity index (χ0v) is 12.8. The van der Waals surface area contributed by atoms with E-state index >= 15 is 0 Å². The van der Waals surface area contributed by atoms with Gasteiger partial charge in [0.25, 0.3) is 5.91 Å². The van der Waals surface area contributed by atoms with E-state index in [1.807, 2.05) is 0 Å². The van der Waals surface area contributed by atoms with Crippen LogP contribution >= 0.6 is 0 Å². The van der Waals surface area contributed by atoms with Crippen molar-refractivity contribution in [2.24, 2.45) is 0 Å². The van der Waals surface area contributed by atoms with Gasteiger partial charge >= 0.3 is 16.4 Å². The molecule has 0 aromatic heterocycles. The third-order valence-electron chi connectivity index (χ3n) is 2.84. The minimum absolute atomic E-state index is 0.0690. The average Bonchev–Trinajstić information content (AvgIpc) is 2.38. The number of halogens is 3. The predicted octanol–water partition coefficient (Wildman–Crippen LogP) is 1.14. The predicted molar refractivity (Wildman–Crippen MR) is 73.2 cm³/mol. The molecule has 1 rings (SSSR count). The Hall–Kier alpha value is -1.65. The number of amides is 1. The van der Waals surface area contributed by atoms with Crippen LogP contribution in [0.4, 0.5) is 18.9 Å². The summed E-state index contributed by atoms with van der Waals surface area (Å²) in [6, 6.07) is 6.49. The first kappa shape index (κ1) is 18.4. The van der Waals surface area contributed by atoms with E-state index in [-0.39, 0.29) is 16.9 Å². The van der Waals surface area contributed by atoms with Crippen LogP contribution in [0, 0.1) is 0 Å². The minimum Gasteiger partial charge on any atom is -0.373 e. The largest absolute Gasteiger partial charge is 0.426 e. The second kappa shape index (κ2) is 5.86. The van der Waals surface area contributed by atoms with Crippen LogP contribution in [0.25, 0.3) is 0 Å². The molecule has 0 radical (unpaired) electrons. The summed E-state index contributed by atoms with van der Waals surface area (Å²) in [6.07, 6.45) is -5.33. The highest BCUT2D eigenvalue weighted by molar-refractivity contribution is 7.91. The van der Waals surface area contributed by atoms with E-state index in [9.17, 15) is 31.5 Å². The van der Waals surface area contributed by atoms with Gasteiger partial charge < -0.3 is 5.11 Å². The van der Waals surface area contributed by atoms with Crippen LogP contribution in [0.5, 0.6) is 0 Å². The van der Waals surface area contributed by atoms with Crippen molar-refractivity contribution in [3.63, 3.8) is 0 Å². The quantitative estimate of drug-likeness (QED) is 0.892. The lowest BCUT2D eigenvalue weighted by Gasteiger charge is -2.32. The number of aliphatic hydroxyl groups is 1. The summed E-state index contributed by atoms with van der Waals surface area (Å²) in [5, 5.41) is 9.50. The second-order valence-electron chi connectivity index (χ2n) is 4.77. The second-order valence-corrected chi connectivity index (χ2v) is 6.76. The lowest BCUT2D eigenvalue weighted by Crippen LogP contribution is -2.59. The van der Waals surface area contributed by atoms with Crippen LogP contribution in [0.2, 0.25) is 0 Å². The lowest BCUT2D eigenvalue weighted by molar-refractivity contribution is -0.243. The van der Waals surface area contributed by atoms with E-state index < -0.39 is 27.9 Å². The topological polar surface area (TPSA) is 77.9 Å². The number of alkyl halides is 3. The smallest absolute Gasteiger partial charge is 0.373 e. The Morgan fingerprint density at radius 3 is 1.95 bits per heavy atom. The molecule has 1 aromatic carbocycles. The van der Waals surface area contributed by atoms with Gasteiger partial charge in [0.2, 0.25) is 5.60 Å². The van der Waals surface area contributed by atoms with Gasteiger partial charge in [-0.25, -0.2) is 0 Å². The van der Waals surface area contributed by atoms with Crippen LogP contribution in [0.3, 0.4) is 0 Å². The fourth-order valence-corrected chi connectivity index (χ4v) is 2.50. The molecular weight excluding hydrogens is 325 g/mol. The molecule has 0 aliphatic rings. The number of nitrogens with zero attached hydrogens (tertiary/aromatic N) is 2. The van der Waals surface area contributed by atoms with Crippen LogP contribution in [-0.2, 0) is 15.0 Å². The normalized spacial score (nSPS) is 15.5. The number of carbonyl (C=O) groups excluding carboxylic acids is 1. The maximum atomic E-state index is 12.8. The Labute approximate surface area is 125 Å². The van der Waals surface area contributed by atoms with Gasteiger partial charge in [0.05, 0.1) is 5.69 Å². The van der Waals surface area contributed by atoms with Gasteiger partial charge in [-0.3, -0.25) is 4.79 Å². The minimum atomic E-state index is -5.33. The summed E-state index contributed by atoms with van der Waals surface area (Å²) >= 11 is 0. The van der Waals surface area contributed by atoms with Crippen LogP contribution in [0.1, 0.15) is 6.92 Å². The van der Waals surface area contributed by atoms with E-state index in [2.05, 4.69) is 0 Å². The van der Waals surface area contributed by atoms with Crippen molar-refractivity contribution in [1.29, 1.82) is 0 Å². The monoisotopic (exact) mass is 340 g/mol. The number of hydrogen-bond donors (Lipinski definition) is 1. The SMILES string of the molecule is CN(C)S(=O)(=O)N(C(=O)C(C)(O)C(F)(F)F)c1ccccc1. The highest BCUT2D eigenvalue weighted by Gasteiger charge is 2.59. The molecule has 0 saturated carbocycles. The molecule has 1 N–H and O–H groups in total. The third-order valence-corrected chi connectivity index (χ3v) is 4.60. The number of hydrogen-bond acceptors (Lipinski definition) is 4. The molecule has 1 amide bonds. The Kier molecular flexibility index (Phi) is 4.90. The summed E-state index contributed by atoms with van der Waals surface area (Å²) in [5.41, 5.74) is -4.17. The van der Waals surface area contributed by atoms with E-state index in [0.717, 1.165) is 26.2 Å². The highest BCUT2D eigenvalue weighted by Crippen LogP contribution is 2.34. The first-order chi connectivity index (χ1) is 9.83. The Balaban J connectivity index is 3.51. The Morgan fingerprint density at radius 2 is 1.59 bits per heavy atom. The van der Waals surface area contributed by atoms with E-state index in [0.29, 0.717) is 4.31 Å². The van der Waals surface area contributed by atoms with Crippen molar-refractivity contribution in [2.75, 3.05) is 18.4 Å². The maximum Gasteiger partial charge on any atom is 0.426 e. The third kappa shape index (κ3) is 3.23.